The molecule has 0 N–H and O–H groups in total. The van der Waals surface area contributed by atoms with Crippen LogP contribution in [0.2, 0.25) is 0 Å². The van der Waals surface area contributed by atoms with Gasteiger partial charge in [0.1, 0.15) is 17.3 Å². The SMILES string of the molecule is COc1cccc(O/C(=C\N(C)C)C(=O)c2ccc(F)cc2)c1. The molecule has 2 rings (SSSR count). The van der Waals surface area contributed by atoms with E-state index in [9.17, 15) is 9.18 Å². The number of methoxy groups -OCH3 is 1. The van der Waals surface area contributed by atoms with E-state index in [1.807, 2.05) is 0 Å². The van der Waals surface area contributed by atoms with Gasteiger partial charge in [-0.05, 0) is 36.4 Å². The summed E-state index contributed by atoms with van der Waals surface area (Å²) < 4.78 is 23.9. The molecule has 5 heteroatoms. The second kappa shape index (κ2) is 7.45. The summed E-state index contributed by atoms with van der Waals surface area (Å²) in [5.41, 5.74) is 0.349. The number of nitrogens with zero attached hydrogens (tertiary/aromatic N) is 1. The summed E-state index contributed by atoms with van der Waals surface area (Å²) in [7, 11) is 5.12. The van der Waals surface area contributed by atoms with Gasteiger partial charge in [0.05, 0.1) is 7.11 Å². The topological polar surface area (TPSA) is 38.8 Å². The number of benzene rings is 2. The molecule has 0 radical (unpaired) electrons. The number of Topliss-reactive ketones (excluding diaryl/α,β-unsaturated/α-hetero) is 1. The van der Waals surface area contributed by atoms with Gasteiger partial charge in [-0.3, -0.25) is 4.79 Å². The molecule has 4 nitrogen and oxygen atoms in total. The van der Waals surface area contributed by atoms with Crippen molar-refractivity contribution in [3.05, 3.63) is 71.9 Å². The normalized spacial score (nSPS) is 11.0. The monoisotopic (exact) mass is 315 g/mol. The summed E-state index contributed by atoms with van der Waals surface area (Å²) in [6, 6.07) is 12.3. The van der Waals surface area contributed by atoms with Crippen LogP contribution in [0.25, 0.3) is 0 Å². The minimum atomic E-state index is -0.395. The van der Waals surface area contributed by atoms with Crippen molar-refractivity contribution in [3.8, 4) is 11.5 Å². The van der Waals surface area contributed by atoms with E-state index in [2.05, 4.69) is 0 Å². The standard InChI is InChI=1S/C18H18FNO3/c1-20(2)12-17(18(21)13-7-9-14(19)10-8-13)23-16-6-4-5-15(11-16)22-3/h4-12H,1-3H3/b17-12-. The Morgan fingerprint density at radius 1 is 1.09 bits per heavy atom. The highest BCUT2D eigenvalue weighted by Crippen LogP contribution is 2.22. The van der Waals surface area contributed by atoms with Crippen LogP contribution in [0.5, 0.6) is 11.5 Å². The minimum absolute atomic E-state index is 0.134. The summed E-state index contributed by atoms with van der Waals surface area (Å²) in [4.78, 5) is 14.3. The fourth-order valence-corrected chi connectivity index (χ4v) is 1.90. The van der Waals surface area contributed by atoms with Crippen LogP contribution in [0.3, 0.4) is 0 Å². The molecule has 120 valence electrons. The molecule has 0 saturated carbocycles. The maximum Gasteiger partial charge on any atom is 0.229 e. The Labute approximate surface area is 134 Å². The van der Waals surface area contributed by atoms with Crippen LogP contribution >= 0.6 is 0 Å². The largest absolute Gasteiger partial charge is 0.497 e. The Morgan fingerprint density at radius 2 is 1.74 bits per heavy atom. The van der Waals surface area contributed by atoms with E-state index in [1.54, 1.807) is 56.6 Å². The first-order valence-corrected chi connectivity index (χ1v) is 7.00. The molecule has 23 heavy (non-hydrogen) atoms. The van der Waals surface area contributed by atoms with Crippen molar-refractivity contribution in [3.63, 3.8) is 0 Å². The van der Waals surface area contributed by atoms with Crippen LogP contribution in [0.1, 0.15) is 10.4 Å². The molecule has 0 aliphatic carbocycles. The van der Waals surface area contributed by atoms with Crippen molar-refractivity contribution >= 4 is 5.78 Å². The molecule has 0 aliphatic heterocycles. The number of hydrogen-bond acceptors (Lipinski definition) is 4. The first-order valence-electron chi connectivity index (χ1n) is 7.00. The highest BCUT2D eigenvalue weighted by Gasteiger charge is 2.16. The number of carbonyl (C=O) groups excluding carboxylic acids is 1. The second-order valence-electron chi connectivity index (χ2n) is 5.07. The number of rotatable bonds is 6. The number of hydrogen-bond donors (Lipinski definition) is 0. The van der Waals surface area contributed by atoms with Gasteiger partial charge in [-0.15, -0.1) is 0 Å². The predicted molar refractivity (Wildman–Crippen MR) is 86.1 cm³/mol. The number of allylic oxidation sites excluding steroid dienone is 1. The molecule has 0 atom stereocenters. The molecule has 0 fully saturated rings. The van der Waals surface area contributed by atoms with E-state index < -0.39 is 5.82 Å². The summed E-state index contributed by atoms with van der Waals surface area (Å²) >= 11 is 0. The van der Waals surface area contributed by atoms with Crippen molar-refractivity contribution in [1.82, 2.24) is 4.90 Å². The van der Waals surface area contributed by atoms with Gasteiger partial charge >= 0.3 is 0 Å². The van der Waals surface area contributed by atoms with Crippen molar-refractivity contribution in [2.75, 3.05) is 21.2 Å². The molecule has 0 aliphatic rings. The highest BCUT2D eigenvalue weighted by molar-refractivity contribution is 6.07. The van der Waals surface area contributed by atoms with Crippen LogP contribution in [0.4, 0.5) is 4.39 Å². The van der Waals surface area contributed by atoms with Gasteiger partial charge in [0.15, 0.2) is 5.76 Å². The third-order valence-corrected chi connectivity index (χ3v) is 2.97. The minimum Gasteiger partial charge on any atom is -0.497 e. The van der Waals surface area contributed by atoms with Gasteiger partial charge in [0.25, 0.3) is 0 Å². The molecule has 0 aromatic heterocycles. The third-order valence-electron chi connectivity index (χ3n) is 2.97. The summed E-state index contributed by atoms with van der Waals surface area (Å²) in [5.74, 6) is 0.513. The van der Waals surface area contributed by atoms with Crippen molar-refractivity contribution in [2.45, 2.75) is 0 Å². The third kappa shape index (κ3) is 4.57. The average Bonchev–Trinajstić information content (AvgIpc) is 2.54. The first kappa shape index (κ1) is 16.5. The maximum absolute atomic E-state index is 13.0. The lowest BCUT2D eigenvalue weighted by molar-refractivity contribution is 0.0982. The zero-order chi connectivity index (χ0) is 16.8. The van der Waals surface area contributed by atoms with Gasteiger partial charge in [0, 0.05) is 31.9 Å². The van der Waals surface area contributed by atoms with Gasteiger partial charge in [-0.25, -0.2) is 4.39 Å². The van der Waals surface area contributed by atoms with Crippen LogP contribution in [0.15, 0.2) is 60.5 Å². The van der Waals surface area contributed by atoms with Crippen LogP contribution in [-0.2, 0) is 0 Å². The Hall–Kier alpha value is -2.82. The lowest BCUT2D eigenvalue weighted by Gasteiger charge is -2.13. The molecule has 2 aromatic rings. The second-order valence-corrected chi connectivity index (χ2v) is 5.07. The Morgan fingerprint density at radius 3 is 2.35 bits per heavy atom. The summed E-state index contributed by atoms with van der Waals surface area (Å²) in [5, 5.41) is 0. The number of halogens is 1. The number of ether oxygens (including phenoxy) is 2. The lowest BCUT2D eigenvalue weighted by atomic mass is 10.1. The Kier molecular flexibility index (Phi) is 5.36. The van der Waals surface area contributed by atoms with E-state index in [0.717, 1.165) is 0 Å². The predicted octanol–water partition coefficient (Wildman–Crippen LogP) is 3.50. The average molecular weight is 315 g/mol. The fraction of sp³-hybridized carbons (Fsp3) is 0.167. The van der Waals surface area contributed by atoms with Crippen molar-refractivity contribution < 1.29 is 18.7 Å². The Balaban J connectivity index is 2.30. The molecule has 0 amide bonds. The highest BCUT2D eigenvalue weighted by atomic mass is 19.1. The number of ketones is 1. The zero-order valence-corrected chi connectivity index (χ0v) is 13.2. The van der Waals surface area contributed by atoms with E-state index >= 15 is 0 Å². The van der Waals surface area contributed by atoms with Gasteiger partial charge < -0.3 is 14.4 Å². The lowest BCUT2D eigenvalue weighted by Crippen LogP contribution is -2.14. The van der Waals surface area contributed by atoms with E-state index in [-0.39, 0.29) is 11.5 Å². The van der Waals surface area contributed by atoms with Crippen LogP contribution < -0.4 is 9.47 Å². The molecule has 0 heterocycles. The van der Waals surface area contributed by atoms with E-state index in [1.165, 1.54) is 24.3 Å². The van der Waals surface area contributed by atoms with Crippen molar-refractivity contribution in [2.24, 2.45) is 0 Å². The fourth-order valence-electron chi connectivity index (χ4n) is 1.90. The van der Waals surface area contributed by atoms with Gasteiger partial charge in [0.2, 0.25) is 5.78 Å². The van der Waals surface area contributed by atoms with Crippen LogP contribution in [-0.4, -0.2) is 31.9 Å². The smallest absolute Gasteiger partial charge is 0.229 e. The molecule has 0 saturated heterocycles. The molecule has 2 aromatic carbocycles. The number of carbonyl (C=O) groups is 1. The van der Waals surface area contributed by atoms with E-state index in [4.69, 9.17) is 9.47 Å². The maximum atomic E-state index is 13.0. The summed E-state index contributed by atoms with van der Waals surface area (Å²) in [6.07, 6.45) is 1.57. The zero-order valence-electron chi connectivity index (χ0n) is 13.2. The molecular formula is C18H18FNO3. The van der Waals surface area contributed by atoms with Crippen molar-refractivity contribution in [1.29, 1.82) is 0 Å². The molecule has 0 spiro atoms. The molecule has 0 unspecified atom stereocenters. The Bertz CT molecular complexity index is 708. The van der Waals surface area contributed by atoms with Gasteiger partial charge in [-0.2, -0.15) is 0 Å². The molecule has 0 bridgehead atoms. The van der Waals surface area contributed by atoms with Crippen LogP contribution in [0, 0.1) is 5.82 Å². The summed E-state index contributed by atoms with van der Waals surface area (Å²) in [6.45, 7) is 0. The first-order chi connectivity index (χ1) is 11.0. The quantitative estimate of drug-likeness (QED) is 0.465. The van der Waals surface area contributed by atoms with Gasteiger partial charge in [-0.1, -0.05) is 6.07 Å². The van der Waals surface area contributed by atoms with E-state index in [0.29, 0.717) is 17.1 Å². The molecular weight excluding hydrogens is 297 g/mol.